The molecule has 0 aliphatic carbocycles. The summed E-state index contributed by atoms with van der Waals surface area (Å²) >= 11 is 1.35. The number of carbonyl (C=O) groups excluding carboxylic acids is 3. The highest BCUT2D eigenvalue weighted by molar-refractivity contribution is 7.12. The number of carbonyl (C=O) groups is 3. The fourth-order valence-electron chi connectivity index (χ4n) is 2.63. The normalized spacial score (nSPS) is 12.0. The van der Waals surface area contributed by atoms with E-state index in [0.29, 0.717) is 22.7 Å². The summed E-state index contributed by atoms with van der Waals surface area (Å²) in [6, 6.07) is 9.72. The molecule has 0 saturated carbocycles. The Labute approximate surface area is 181 Å². The lowest BCUT2D eigenvalue weighted by Crippen LogP contribution is -2.45. The van der Waals surface area contributed by atoms with Crippen LogP contribution in [0.5, 0.6) is 0 Å². The van der Waals surface area contributed by atoms with Gasteiger partial charge in [0.15, 0.2) is 0 Å². The van der Waals surface area contributed by atoms with Crippen molar-refractivity contribution >= 4 is 40.6 Å². The molecule has 3 amide bonds. The van der Waals surface area contributed by atoms with Gasteiger partial charge < -0.3 is 20.7 Å². The minimum Gasteiger partial charge on any atom is -0.444 e. The van der Waals surface area contributed by atoms with Crippen molar-refractivity contribution in [1.29, 1.82) is 0 Å². The van der Waals surface area contributed by atoms with E-state index in [-0.39, 0.29) is 11.8 Å². The molecule has 0 spiro atoms. The van der Waals surface area contributed by atoms with Crippen LogP contribution in [0.4, 0.5) is 16.2 Å². The van der Waals surface area contributed by atoms with Crippen molar-refractivity contribution in [3.63, 3.8) is 0 Å². The van der Waals surface area contributed by atoms with Crippen LogP contribution >= 0.6 is 11.3 Å². The average Bonchev–Trinajstić information content (AvgIpc) is 3.18. The molecule has 0 fully saturated rings. The Morgan fingerprint density at radius 1 is 1.07 bits per heavy atom. The van der Waals surface area contributed by atoms with Crippen LogP contribution < -0.4 is 16.0 Å². The molecule has 0 bridgehead atoms. The van der Waals surface area contributed by atoms with E-state index in [4.69, 9.17) is 4.74 Å². The number of anilines is 2. The number of amides is 3. The molecule has 1 aromatic heterocycles. The summed E-state index contributed by atoms with van der Waals surface area (Å²) < 4.78 is 5.27. The van der Waals surface area contributed by atoms with Gasteiger partial charge in [0.2, 0.25) is 5.91 Å². The van der Waals surface area contributed by atoms with E-state index in [2.05, 4.69) is 16.0 Å². The van der Waals surface area contributed by atoms with Gasteiger partial charge in [0.05, 0.1) is 4.88 Å². The van der Waals surface area contributed by atoms with Crippen LogP contribution in [-0.2, 0) is 9.53 Å². The van der Waals surface area contributed by atoms with Gasteiger partial charge in [-0.1, -0.05) is 31.9 Å². The summed E-state index contributed by atoms with van der Waals surface area (Å²) in [5.74, 6) is -0.545. The Morgan fingerprint density at radius 2 is 1.77 bits per heavy atom. The molecule has 1 atom stereocenters. The van der Waals surface area contributed by atoms with Crippen LogP contribution in [0.2, 0.25) is 0 Å². The fourth-order valence-corrected chi connectivity index (χ4v) is 3.25. The molecule has 0 saturated heterocycles. The molecule has 1 heterocycles. The van der Waals surface area contributed by atoms with Gasteiger partial charge in [-0.25, -0.2) is 4.79 Å². The van der Waals surface area contributed by atoms with Gasteiger partial charge in [-0.05, 0) is 56.8 Å². The van der Waals surface area contributed by atoms with Gasteiger partial charge >= 0.3 is 6.09 Å². The van der Waals surface area contributed by atoms with Gasteiger partial charge in [0, 0.05) is 11.4 Å². The van der Waals surface area contributed by atoms with Crippen molar-refractivity contribution in [1.82, 2.24) is 5.32 Å². The second-order valence-corrected chi connectivity index (χ2v) is 8.79. The molecule has 1 aromatic carbocycles. The maximum Gasteiger partial charge on any atom is 0.408 e. The number of benzene rings is 1. The Balaban J connectivity index is 2.03. The first-order valence-corrected chi connectivity index (χ1v) is 10.8. The van der Waals surface area contributed by atoms with Crippen LogP contribution in [0.1, 0.15) is 56.6 Å². The van der Waals surface area contributed by atoms with E-state index in [0.717, 1.165) is 12.8 Å². The molecule has 2 rings (SSSR count). The van der Waals surface area contributed by atoms with E-state index >= 15 is 0 Å². The Morgan fingerprint density at radius 3 is 2.37 bits per heavy atom. The highest BCUT2D eigenvalue weighted by Gasteiger charge is 2.24. The zero-order valence-corrected chi connectivity index (χ0v) is 18.6. The smallest absolute Gasteiger partial charge is 0.408 e. The molecule has 7 nitrogen and oxygen atoms in total. The van der Waals surface area contributed by atoms with Crippen molar-refractivity contribution in [3.8, 4) is 0 Å². The minimum absolute atomic E-state index is 0.208. The number of ether oxygens (including phenoxy) is 1. The van der Waals surface area contributed by atoms with Crippen LogP contribution in [0.15, 0.2) is 41.8 Å². The van der Waals surface area contributed by atoms with Crippen LogP contribution in [0, 0.1) is 0 Å². The summed E-state index contributed by atoms with van der Waals surface area (Å²) in [5, 5.41) is 10.1. The van der Waals surface area contributed by atoms with E-state index < -0.39 is 17.7 Å². The third kappa shape index (κ3) is 7.87. The standard InChI is InChI=1S/C22H29N3O4S/c1-5-6-11-17(25-21(28)29-22(2,3)4)19(26)23-15-9-7-10-16(14-15)24-20(27)18-12-8-13-30-18/h7-10,12-14,17H,5-6,11H2,1-4H3,(H,23,26)(H,24,27)(H,25,28). The lowest BCUT2D eigenvalue weighted by Gasteiger charge is -2.23. The van der Waals surface area contributed by atoms with Gasteiger partial charge in [0.1, 0.15) is 11.6 Å². The zero-order chi connectivity index (χ0) is 22.1. The summed E-state index contributed by atoms with van der Waals surface area (Å²) in [6.45, 7) is 7.32. The van der Waals surface area contributed by atoms with Crippen LogP contribution in [0.3, 0.4) is 0 Å². The second kappa shape index (κ2) is 10.8. The van der Waals surface area contributed by atoms with Crippen molar-refractivity contribution in [2.45, 2.75) is 58.6 Å². The third-order valence-corrected chi connectivity index (χ3v) is 4.86. The van der Waals surface area contributed by atoms with Gasteiger partial charge in [-0.15, -0.1) is 11.3 Å². The van der Waals surface area contributed by atoms with E-state index in [9.17, 15) is 14.4 Å². The van der Waals surface area contributed by atoms with Crippen LogP contribution in [-0.4, -0.2) is 29.6 Å². The highest BCUT2D eigenvalue weighted by Crippen LogP contribution is 2.18. The topological polar surface area (TPSA) is 96.5 Å². The zero-order valence-electron chi connectivity index (χ0n) is 17.8. The second-order valence-electron chi connectivity index (χ2n) is 7.84. The SMILES string of the molecule is CCCCC(NC(=O)OC(C)(C)C)C(=O)Nc1cccc(NC(=O)c2cccs2)c1. The molecule has 30 heavy (non-hydrogen) atoms. The molecule has 162 valence electrons. The molecule has 0 aliphatic rings. The first-order valence-electron chi connectivity index (χ1n) is 9.93. The highest BCUT2D eigenvalue weighted by atomic mass is 32.1. The monoisotopic (exact) mass is 431 g/mol. The Hall–Kier alpha value is -2.87. The maximum absolute atomic E-state index is 12.8. The molecular formula is C22H29N3O4S. The Kier molecular flexibility index (Phi) is 8.41. The van der Waals surface area contributed by atoms with E-state index in [1.54, 1.807) is 51.1 Å². The average molecular weight is 432 g/mol. The number of hydrogen-bond acceptors (Lipinski definition) is 5. The first-order chi connectivity index (χ1) is 14.2. The lowest BCUT2D eigenvalue weighted by atomic mass is 10.1. The Bertz CT molecular complexity index is 860. The van der Waals surface area contributed by atoms with Gasteiger partial charge in [-0.3, -0.25) is 9.59 Å². The minimum atomic E-state index is -0.718. The predicted octanol–water partition coefficient (Wildman–Crippen LogP) is 5.02. The van der Waals surface area contributed by atoms with Crippen molar-refractivity contribution in [2.75, 3.05) is 10.6 Å². The number of alkyl carbamates (subject to hydrolysis) is 1. The largest absolute Gasteiger partial charge is 0.444 e. The maximum atomic E-state index is 12.8. The molecule has 0 radical (unpaired) electrons. The number of hydrogen-bond donors (Lipinski definition) is 3. The summed E-state index contributed by atoms with van der Waals surface area (Å²) in [6.07, 6.45) is 1.54. The first kappa shape index (κ1) is 23.4. The third-order valence-electron chi connectivity index (χ3n) is 3.99. The molecule has 0 aliphatic heterocycles. The summed E-state index contributed by atoms with van der Waals surface area (Å²) in [5.41, 5.74) is 0.443. The molecule has 8 heteroatoms. The molecule has 2 aromatic rings. The van der Waals surface area contributed by atoms with Gasteiger partial charge in [0.25, 0.3) is 5.91 Å². The van der Waals surface area contributed by atoms with E-state index in [1.165, 1.54) is 11.3 Å². The number of thiophene rings is 1. The van der Waals surface area contributed by atoms with E-state index in [1.807, 2.05) is 18.4 Å². The lowest BCUT2D eigenvalue weighted by molar-refractivity contribution is -0.118. The van der Waals surface area contributed by atoms with Crippen LogP contribution in [0.25, 0.3) is 0 Å². The quantitative estimate of drug-likeness (QED) is 0.547. The summed E-state index contributed by atoms with van der Waals surface area (Å²) in [4.78, 5) is 37.7. The summed E-state index contributed by atoms with van der Waals surface area (Å²) in [7, 11) is 0. The predicted molar refractivity (Wildman–Crippen MR) is 120 cm³/mol. The van der Waals surface area contributed by atoms with Crippen molar-refractivity contribution in [2.24, 2.45) is 0 Å². The van der Waals surface area contributed by atoms with Gasteiger partial charge in [-0.2, -0.15) is 0 Å². The van der Waals surface area contributed by atoms with Crippen molar-refractivity contribution in [3.05, 3.63) is 46.7 Å². The number of nitrogens with one attached hydrogen (secondary N) is 3. The molecule has 3 N–H and O–H groups in total. The molecule has 1 unspecified atom stereocenters. The number of rotatable bonds is 8. The number of unbranched alkanes of at least 4 members (excludes halogenated alkanes) is 1. The van der Waals surface area contributed by atoms with Crippen molar-refractivity contribution < 1.29 is 19.1 Å². The fraction of sp³-hybridized carbons (Fsp3) is 0.409. The molecular weight excluding hydrogens is 402 g/mol.